The van der Waals surface area contributed by atoms with Crippen molar-refractivity contribution in [3.63, 3.8) is 0 Å². The lowest BCUT2D eigenvalue weighted by atomic mass is 10.0. The van der Waals surface area contributed by atoms with Gasteiger partial charge in [0.1, 0.15) is 17.0 Å². The van der Waals surface area contributed by atoms with E-state index in [-0.39, 0.29) is 17.2 Å². The number of carbonyl (C=O) groups is 2. The van der Waals surface area contributed by atoms with E-state index < -0.39 is 5.91 Å². The van der Waals surface area contributed by atoms with Crippen LogP contribution >= 0.6 is 34.7 Å². The first kappa shape index (κ1) is 23.5. The topological polar surface area (TPSA) is 101 Å². The molecule has 2 aromatic carbocycles. The number of hydrogen-bond acceptors (Lipinski definition) is 8. The maximum Gasteiger partial charge on any atom is 0.263 e. The Balaban J connectivity index is 1.25. The summed E-state index contributed by atoms with van der Waals surface area (Å²) in [7, 11) is 0. The monoisotopic (exact) mass is 525 g/mol. The predicted molar refractivity (Wildman–Crippen MR) is 137 cm³/mol. The molecule has 1 aliphatic heterocycles. The Morgan fingerprint density at radius 1 is 1.17 bits per heavy atom. The minimum absolute atomic E-state index is 0.0208. The van der Waals surface area contributed by atoms with Crippen molar-refractivity contribution in [2.75, 3.05) is 22.5 Å². The van der Waals surface area contributed by atoms with Gasteiger partial charge in [-0.2, -0.15) is 0 Å². The fraction of sp³-hybridized carbons (Fsp3) is 0.208. The van der Waals surface area contributed by atoms with E-state index in [2.05, 4.69) is 26.7 Å². The molecule has 4 aromatic rings. The summed E-state index contributed by atoms with van der Waals surface area (Å²) in [6.07, 6.45) is 1.93. The van der Waals surface area contributed by atoms with Crippen LogP contribution in [0.1, 0.15) is 28.1 Å². The second kappa shape index (κ2) is 10.2. The Bertz CT molecular complexity index is 1400. The largest absolute Gasteiger partial charge is 0.360 e. The van der Waals surface area contributed by atoms with Crippen LogP contribution in [0.5, 0.6) is 0 Å². The average Bonchev–Trinajstić information content (AvgIpc) is 3.48. The molecule has 0 bridgehead atoms. The number of para-hydroxylation sites is 1. The van der Waals surface area contributed by atoms with Gasteiger partial charge < -0.3 is 9.42 Å². The third-order valence-corrected chi connectivity index (χ3v) is 7.86. The van der Waals surface area contributed by atoms with Gasteiger partial charge in [0.15, 0.2) is 4.34 Å². The van der Waals surface area contributed by atoms with Gasteiger partial charge in [-0.05, 0) is 37.5 Å². The van der Waals surface area contributed by atoms with Gasteiger partial charge in [0.2, 0.25) is 11.0 Å². The van der Waals surface area contributed by atoms with Gasteiger partial charge in [0.05, 0.1) is 10.8 Å². The zero-order valence-electron chi connectivity index (χ0n) is 18.7. The summed E-state index contributed by atoms with van der Waals surface area (Å²) in [6, 6.07) is 15.1. The predicted octanol–water partition coefficient (Wildman–Crippen LogP) is 5.48. The van der Waals surface area contributed by atoms with Crippen molar-refractivity contribution >= 4 is 57.3 Å². The van der Waals surface area contributed by atoms with Gasteiger partial charge in [-0.25, -0.2) is 0 Å². The summed E-state index contributed by atoms with van der Waals surface area (Å²) in [5.41, 5.74) is 3.41. The molecule has 1 N–H and O–H groups in total. The van der Waals surface area contributed by atoms with Crippen molar-refractivity contribution in [3.05, 3.63) is 70.4 Å². The highest BCUT2D eigenvalue weighted by Crippen LogP contribution is 2.33. The highest BCUT2D eigenvalue weighted by Gasteiger charge is 2.25. The molecule has 2 aromatic heterocycles. The number of thioether (sulfide) groups is 1. The highest BCUT2D eigenvalue weighted by molar-refractivity contribution is 8.01. The molecule has 0 aliphatic carbocycles. The first-order valence-corrected chi connectivity index (χ1v) is 13.1. The fourth-order valence-electron chi connectivity index (χ4n) is 3.95. The molecule has 11 heteroatoms. The van der Waals surface area contributed by atoms with Crippen molar-refractivity contribution in [1.29, 1.82) is 0 Å². The first-order chi connectivity index (χ1) is 17.0. The lowest BCUT2D eigenvalue weighted by molar-refractivity contribution is -0.116. The average molecular weight is 526 g/mol. The summed E-state index contributed by atoms with van der Waals surface area (Å²) >= 11 is 8.79. The SMILES string of the molecule is Cc1onc(-c2ccccc2Cl)c1C(=O)Nc1nnc(SCC(=O)N2CCCc3ccccc32)s1. The number of rotatable bonds is 6. The van der Waals surface area contributed by atoms with E-state index in [0.717, 1.165) is 18.5 Å². The number of nitrogens with zero attached hydrogens (tertiary/aromatic N) is 4. The van der Waals surface area contributed by atoms with Gasteiger partial charge >= 0.3 is 0 Å². The maximum atomic E-state index is 13.0. The third kappa shape index (κ3) is 4.95. The molecule has 0 radical (unpaired) electrons. The number of halogens is 1. The molecule has 0 spiro atoms. The molecule has 0 saturated carbocycles. The number of hydrogen-bond donors (Lipinski definition) is 1. The van der Waals surface area contributed by atoms with E-state index in [1.165, 1.54) is 28.7 Å². The molecule has 8 nitrogen and oxygen atoms in total. The Morgan fingerprint density at radius 3 is 2.83 bits per heavy atom. The van der Waals surface area contributed by atoms with Crippen LogP contribution in [0.25, 0.3) is 11.3 Å². The lowest BCUT2D eigenvalue weighted by Crippen LogP contribution is -2.36. The number of carbonyl (C=O) groups excluding carboxylic acids is 2. The van der Waals surface area contributed by atoms with Crippen LogP contribution in [0.3, 0.4) is 0 Å². The minimum Gasteiger partial charge on any atom is -0.360 e. The molecule has 178 valence electrons. The molecule has 2 amide bonds. The van der Waals surface area contributed by atoms with Crippen molar-refractivity contribution < 1.29 is 14.1 Å². The number of amides is 2. The zero-order chi connectivity index (χ0) is 24.4. The molecule has 5 rings (SSSR count). The molecule has 1 aliphatic rings. The van der Waals surface area contributed by atoms with E-state index in [4.69, 9.17) is 16.1 Å². The molecule has 0 atom stereocenters. The number of nitrogens with one attached hydrogen (secondary N) is 1. The summed E-state index contributed by atoms with van der Waals surface area (Å²) in [6.45, 7) is 2.37. The molecule has 3 heterocycles. The van der Waals surface area contributed by atoms with Crippen LogP contribution in [0.4, 0.5) is 10.8 Å². The molecular formula is C24H20ClN5O3S2. The molecule has 0 unspecified atom stereocenters. The number of aromatic nitrogens is 3. The molecule has 0 saturated heterocycles. The summed E-state index contributed by atoms with van der Waals surface area (Å²) in [5, 5.41) is 15.7. The summed E-state index contributed by atoms with van der Waals surface area (Å²) < 4.78 is 5.86. The summed E-state index contributed by atoms with van der Waals surface area (Å²) in [5.74, 6) is 0.196. The van der Waals surface area contributed by atoms with E-state index >= 15 is 0 Å². The number of fused-ring (bicyclic) bond motifs is 1. The van der Waals surface area contributed by atoms with Crippen molar-refractivity contribution in [2.45, 2.75) is 24.1 Å². The normalized spacial score (nSPS) is 12.9. The third-order valence-electron chi connectivity index (χ3n) is 5.58. The van der Waals surface area contributed by atoms with Gasteiger partial charge in [-0.15, -0.1) is 10.2 Å². The maximum absolute atomic E-state index is 13.0. The molecular weight excluding hydrogens is 506 g/mol. The second-order valence-electron chi connectivity index (χ2n) is 7.84. The van der Waals surface area contributed by atoms with Crippen molar-refractivity contribution in [1.82, 2.24) is 15.4 Å². The minimum atomic E-state index is -0.424. The van der Waals surface area contributed by atoms with Crippen LogP contribution < -0.4 is 10.2 Å². The van der Waals surface area contributed by atoms with Crippen molar-refractivity contribution in [2.24, 2.45) is 0 Å². The molecule has 0 fully saturated rings. The fourth-order valence-corrected chi connectivity index (χ4v) is 5.80. The van der Waals surface area contributed by atoms with Gasteiger partial charge in [0, 0.05) is 17.8 Å². The number of aryl methyl sites for hydroxylation is 2. The Kier molecular flexibility index (Phi) is 6.85. The van der Waals surface area contributed by atoms with Gasteiger partial charge in [0.25, 0.3) is 5.91 Å². The highest BCUT2D eigenvalue weighted by atomic mass is 35.5. The van der Waals surface area contributed by atoms with Crippen molar-refractivity contribution in [3.8, 4) is 11.3 Å². The van der Waals surface area contributed by atoms with E-state index in [0.29, 0.717) is 38.1 Å². The number of benzene rings is 2. The van der Waals surface area contributed by atoms with Crippen LogP contribution in [-0.4, -0.2) is 39.5 Å². The standard InChI is InChI=1S/C24H20ClN5O3S2/c1-14-20(21(29-33-14)16-9-3-4-10-17(16)25)22(32)26-23-27-28-24(35-23)34-13-19(31)30-12-6-8-15-7-2-5-11-18(15)30/h2-5,7,9-11H,6,8,12-13H2,1H3,(H,26,27,32). The first-order valence-electron chi connectivity index (χ1n) is 10.9. The van der Waals surface area contributed by atoms with E-state index in [1.54, 1.807) is 25.1 Å². The van der Waals surface area contributed by atoms with Gasteiger partial charge in [-0.3, -0.25) is 14.9 Å². The molecule has 35 heavy (non-hydrogen) atoms. The van der Waals surface area contributed by atoms with Crippen LogP contribution in [-0.2, 0) is 11.2 Å². The van der Waals surface area contributed by atoms with Crippen LogP contribution in [0, 0.1) is 6.92 Å². The smallest absolute Gasteiger partial charge is 0.263 e. The Hall–Kier alpha value is -3.21. The lowest BCUT2D eigenvalue weighted by Gasteiger charge is -2.29. The zero-order valence-corrected chi connectivity index (χ0v) is 21.0. The number of anilines is 2. The Labute approximate surface area is 214 Å². The van der Waals surface area contributed by atoms with E-state index in [9.17, 15) is 9.59 Å². The van der Waals surface area contributed by atoms with E-state index in [1.807, 2.05) is 29.2 Å². The van der Waals surface area contributed by atoms with Gasteiger partial charge in [-0.1, -0.05) is 76.3 Å². The summed E-state index contributed by atoms with van der Waals surface area (Å²) in [4.78, 5) is 27.7. The quantitative estimate of drug-likeness (QED) is 0.263. The Morgan fingerprint density at radius 2 is 1.97 bits per heavy atom. The second-order valence-corrected chi connectivity index (χ2v) is 10.4. The van der Waals surface area contributed by atoms with Crippen LogP contribution in [0.15, 0.2) is 57.4 Å². The van der Waals surface area contributed by atoms with Crippen LogP contribution in [0.2, 0.25) is 5.02 Å².